The number of amides is 1. The highest BCUT2D eigenvalue weighted by molar-refractivity contribution is 6.06. The van der Waals surface area contributed by atoms with Crippen molar-refractivity contribution in [3.05, 3.63) is 59.9 Å². The van der Waals surface area contributed by atoms with Crippen molar-refractivity contribution < 1.29 is 9.53 Å². The Kier molecular flexibility index (Phi) is 6.21. The van der Waals surface area contributed by atoms with Crippen molar-refractivity contribution in [3.63, 3.8) is 0 Å². The minimum Gasteiger partial charge on any atom is -0.383 e. The molecule has 0 aliphatic carbocycles. The van der Waals surface area contributed by atoms with E-state index in [-0.39, 0.29) is 5.91 Å². The highest BCUT2D eigenvalue weighted by Crippen LogP contribution is 2.22. The van der Waals surface area contributed by atoms with Gasteiger partial charge in [-0.1, -0.05) is 12.1 Å². The Morgan fingerprint density at radius 3 is 2.73 bits per heavy atom. The fraction of sp³-hybridized carbons (Fsp3) is 0.348. The van der Waals surface area contributed by atoms with Crippen LogP contribution < -0.4 is 10.2 Å². The van der Waals surface area contributed by atoms with E-state index in [4.69, 9.17) is 9.72 Å². The molecule has 1 aliphatic heterocycles. The highest BCUT2D eigenvalue weighted by atomic mass is 16.5. The van der Waals surface area contributed by atoms with Crippen LogP contribution in [0.3, 0.4) is 0 Å². The summed E-state index contributed by atoms with van der Waals surface area (Å²) in [6.07, 6.45) is 3.52. The number of pyridine rings is 2. The molecule has 7 nitrogen and oxygen atoms in total. The number of ether oxygens (including phenoxy) is 1. The number of anilines is 2. The van der Waals surface area contributed by atoms with Gasteiger partial charge in [-0.3, -0.25) is 14.7 Å². The summed E-state index contributed by atoms with van der Waals surface area (Å²) in [7, 11) is 1.73. The summed E-state index contributed by atoms with van der Waals surface area (Å²) >= 11 is 0. The van der Waals surface area contributed by atoms with Crippen LogP contribution in [0.2, 0.25) is 0 Å². The van der Waals surface area contributed by atoms with Crippen LogP contribution in [-0.2, 0) is 4.74 Å². The Labute approximate surface area is 176 Å². The van der Waals surface area contributed by atoms with Crippen molar-refractivity contribution in [2.75, 3.05) is 56.7 Å². The standard InChI is InChI=1S/C23H27N5O2/c1-17-3-6-21(25-22(17)28-11-9-27(10-12-28)13-14-30-2)26-23(29)19-4-5-20-16-24-8-7-18(20)15-19/h3-8,15-16H,9-14H2,1-2H3,(H,25,26,29). The number of carbonyl (C=O) groups is 1. The minimum atomic E-state index is -0.166. The summed E-state index contributed by atoms with van der Waals surface area (Å²) in [4.78, 5) is 26.3. The Morgan fingerprint density at radius 1 is 1.10 bits per heavy atom. The molecule has 4 rings (SSSR count). The van der Waals surface area contributed by atoms with Crippen LogP contribution in [0.25, 0.3) is 10.8 Å². The number of fused-ring (bicyclic) bond motifs is 1. The van der Waals surface area contributed by atoms with E-state index >= 15 is 0 Å². The summed E-state index contributed by atoms with van der Waals surface area (Å²) in [6.45, 7) is 7.54. The lowest BCUT2D eigenvalue weighted by Crippen LogP contribution is -2.47. The van der Waals surface area contributed by atoms with Crippen LogP contribution in [0.1, 0.15) is 15.9 Å². The van der Waals surface area contributed by atoms with Crippen LogP contribution in [-0.4, -0.2) is 67.2 Å². The van der Waals surface area contributed by atoms with E-state index in [0.29, 0.717) is 11.4 Å². The fourth-order valence-corrected chi connectivity index (χ4v) is 3.72. The second-order valence-corrected chi connectivity index (χ2v) is 7.55. The van der Waals surface area contributed by atoms with Gasteiger partial charge < -0.3 is 15.0 Å². The van der Waals surface area contributed by atoms with E-state index in [9.17, 15) is 4.79 Å². The van der Waals surface area contributed by atoms with Crippen LogP contribution in [0.4, 0.5) is 11.6 Å². The van der Waals surface area contributed by atoms with Crippen LogP contribution >= 0.6 is 0 Å². The van der Waals surface area contributed by atoms with Crippen LogP contribution in [0, 0.1) is 6.92 Å². The number of rotatable bonds is 6. The van der Waals surface area contributed by atoms with Crippen molar-refractivity contribution in [2.24, 2.45) is 0 Å². The first-order valence-corrected chi connectivity index (χ1v) is 10.2. The van der Waals surface area contributed by atoms with Gasteiger partial charge in [-0.2, -0.15) is 0 Å². The molecule has 2 aromatic heterocycles. The maximum absolute atomic E-state index is 12.8. The molecule has 0 bridgehead atoms. The first-order chi connectivity index (χ1) is 14.6. The molecule has 0 unspecified atom stereocenters. The molecule has 1 aromatic carbocycles. The normalized spacial score (nSPS) is 14.8. The first kappa shape index (κ1) is 20.3. The van der Waals surface area contributed by atoms with Crippen molar-refractivity contribution >= 4 is 28.3 Å². The Morgan fingerprint density at radius 2 is 1.93 bits per heavy atom. The number of nitrogens with one attached hydrogen (secondary N) is 1. The van der Waals surface area contributed by atoms with Crippen LogP contribution in [0.15, 0.2) is 48.8 Å². The Hall–Kier alpha value is -3.03. The Bertz CT molecular complexity index is 1030. The third-order valence-electron chi connectivity index (χ3n) is 5.50. The number of carbonyl (C=O) groups excluding carboxylic acids is 1. The number of nitrogens with zero attached hydrogens (tertiary/aromatic N) is 4. The molecule has 0 saturated carbocycles. The molecule has 1 aliphatic rings. The summed E-state index contributed by atoms with van der Waals surface area (Å²) in [5.74, 6) is 1.33. The molecule has 3 heterocycles. The lowest BCUT2D eigenvalue weighted by atomic mass is 10.1. The smallest absolute Gasteiger partial charge is 0.256 e. The van der Waals surface area contributed by atoms with Crippen molar-refractivity contribution in [1.82, 2.24) is 14.9 Å². The zero-order valence-corrected chi connectivity index (χ0v) is 17.5. The quantitative estimate of drug-likeness (QED) is 0.680. The number of piperazine rings is 1. The summed E-state index contributed by atoms with van der Waals surface area (Å²) in [5, 5.41) is 4.94. The maximum Gasteiger partial charge on any atom is 0.256 e. The van der Waals surface area contributed by atoms with Gasteiger partial charge in [0.2, 0.25) is 0 Å². The predicted octanol–water partition coefficient (Wildman–Crippen LogP) is 2.96. The molecule has 1 amide bonds. The number of methoxy groups -OCH3 is 1. The summed E-state index contributed by atoms with van der Waals surface area (Å²) < 4.78 is 5.18. The molecular formula is C23H27N5O2. The molecule has 1 fully saturated rings. The van der Waals surface area contributed by atoms with E-state index in [1.807, 2.05) is 36.4 Å². The fourth-order valence-electron chi connectivity index (χ4n) is 3.72. The number of aryl methyl sites for hydroxylation is 1. The SMILES string of the molecule is COCCN1CCN(c2nc(NC(=O)c3ccc4cnccc4c3)ccc2C)CC1. The van der Waals surface area contributed by atoms with Crippen molar-refractivity contribution in [2.45, 2.75) is 6.92 Å². The first-order valence-electron chi connectivity index (χ1n) is 10.2. The molecule has 3 aromatic rings. The van der Waals surface area contributed by atoms with Gasteiger partial charge in [0.1, 0.15) is 11.6 Å². The van der Waals surface area contributed by atoms with Gasteiger partial charge in [-0.15, -0.1) is 0 Å². The monoisotopic (exact) mass is 405 g/mol. The average molecular weight is 406 g/mol. The third-order valence-corrected chi connectivity index (χ3v) is 5.50. The zero-order valence-electron chi connectivity index (χ0n) is 17.5. The summed E-state index contributed by atoms with van der Waals surface area (Å²) in [6, 6.07) is 11.4. The largest absolute Gasteiger partial charge is 0.383 e. The molecule has 7 heteroatoms. The summed E-state index contributed by atoms with van der Waals surface area (Å²) in [5.41, 5.74) is 1.71. The molecule has 0 spiro atoms. The van der Waals surface area contributed by atoms with Gasteiger partial charge in [0.15, 0.2) is 0 Å². The second kappa shape index (κ2) is 9.19. The van der Waals surface area contributed by atoms with E-state index in [0.717, 1.165) is 61.5 Å². The van der Waals surface area contributed by atoms with Gasteiger partial charge in [-0.05, 0) is 42.1 Å². The molecule has 30 heavy (non-hydrogen) atoms. The third kappa shape index (κ3) is 4.58. The second-order valence-electron chi connectivity index (χ2n) is 7.55. The number of hydrogen-bond donors (Lipinski definition) is 1. The molecule has 156 valence electrons. The van der Waals surface area contributed by atoms with E-state index in [1.165, 1.54) is 0 Å². The van der Waals surface area contributed by atoms with E-state index < -0.39 is 0 Å². The Balaban J connectivity index is 1.45. The van der Waals surface area contributed by atoms with Crippen LogP contribution in [0.5, 0.6) is 0 Å². The average Bonchev–Trinajstić information content (AvgIpc) is 2.79. The van der Waals surface area contributed by atoms with Crippen molar-refractivity contribution in [3.8, 4) is 0 Å². The van der Waals surface area contributed by atoms with Gasteiger partial charge in [0.05, 0.1) is 6.61 Å². The minimum absolute atomic E-state index is 0.166. The van der Waals surface area contributed by atoms with Gasteiger partial charge in [0, 0.05) is 63.2 Å². The van der Waals surface area contributed by atoms with Crippen molar-refractivity contribution in [1.29, 1.82) is 0 Å². The maximum atomic E-state index is 12.8. The lowest BCUT2D eigenvalue weighted by Gasteiger charge is -2.36. The van der Waals surface area contributed by atoms with Gasteiger partial charge in [0.25, 0.3) is 5.91 Å². The van der Waals surface area contributed by atoms with Gasteiger partial charge >= 0.3 is 0 Å². The predicted molar refractivity (Wildman–Crippen MR) is 119 cm³/mol. The molecule has 1 saturated heterocycles. The highest BCUT2D eigenvalue weighted by Gasteiger charge is 2.20. The van der Waals surface area contributed by atoms with Gasteiger partial charge in [-0.25, -0.2) is 4.98 Å². The molecule has 0 radical (unpaired) electrons. The number of aromatic nitrogens is 2. The molecule has 0 atom stereocenters. The van der Waals surface area contributed by atoms with E-state index in [1.54, 1.807) is 19.5 Å². The molecular weight excluding hydrogens is 378 g/mol. The topological polar surface area (TPSA) is 70.6 Å². The van der Waals surface area contributed by atoms with E-state index in [2.05, 4.69) is 27.0 Å². The lowest BCUT2D eigenvalue weighted by molar-refractivity contribution is 0.102. The molecule has 1 N–H and O–H groups in total. The number of benzene rings is 1. The zero-order chi connectivity index (χ0) is 20.9. The number of hydrogen-bond acceptors (Lipinski definition) is 6.